The number of aliphatic hydroxyl groups is 1. The monoisotopic (exact) mass is 447 g/mol. The number of benzene rings is 1. The van der Waals surface area contributed by atoms with Gasteiger partial charge in [0, 0.05) is 36.4 Å². The molecule has 3 heterocycles. The van der Waals surface area contributed by atoms with Gasteiger partial charge in [0.1, 0.15) is 0 Å². The Morgan fingerprint density at radius 1 is 1.42 bits per heavy atom. The van der Waals surface area contributed by atoms with Crippen molar-refractivity contribution in [1.29, 1.82) is 0 Å². The Labute approximate surface area is 184 Å². The molecule has 4 N–H and O–H groups in total. The molecule has 1 spiro atoms. The topological polar surface area (TPSA) is 111 Å². The minimum Gasteiger partial charge on any atom is -0.432 e. The van der Waals surface area contributed by atoms with Crippen LogP contribution in [0.2, 0.25) is 18.6 Å². The van der Waals surface area contributed by atoms with E-state index in [0.717, 1.165) is 25.1 Å². The van der Waals surface area contributed by atoms with Gasteiger partial charge in [0.25, 0.3) is 5.91 Å². The maximum absolute atomic E-state index is 13.5. The van der Waals surface area contributed by atoms with Gasteiger partial charge in [0.05, 0.1) is 17.8 Å². The summed E-state index contributed by atoms with van der Waals surface area (Å²) in [4.78, 5) is 38.7. The Balaban J connectivity index is 1.73. The number of aliphatic hydroxyl groups excluding tert-OH is 1. The summed E-state index contributed by atoms with van der Waals surface area (Å²) in [5.74, 6) is -0.515. The van der Waals surface area contributed by atoms with Crippen LogP contribution in [-0.4, -0.2) is 62.4 Å². The van der Waals surface area contributed by atoms with Gasteiger partial charge in [0.2, 0.25) is 5.91 Å². The Morgan fingerprint density at radius 3 is 2.77 bits per heavy atom. The zero-order valence-electron chi connectivity index (χ0n) is 18.6. The fourth-order valence-corrected chi connectivity index (χ4v) is 8.40. The van der Waals surface area contributed by atoms with E-state index in [1.54, 1.807) is 11.9 Å². The zero-order valence-corrected chi connectivity index (χ0v) is 19.6. The molecule has 2 saturated heterocycles. The minimum atomic E-state index is -2.70. The second-order valence-electron chi connectivity index (χ2n) is 9.61. The number of hydrogen-bond donors (Lipinski definition) is 4. The van der Waals surface area contributed by atoms with Gasteiger partial charge >= 0.3 is 0 Å². The third-order valence-corrected chi connectivity index (χ3v) is 9.68. The van der Waals surface area contributed by atoms with E-state index in [2.05, 4.69) is 10.6 Å². The first kappa shape index (κ1) is 22.4. The number of rotatable bonds is 5. The number of anilines is 2. The van der Waals surface area contributed by atoms with E-state index in [1.165, 1.54) is 0 Å². The summed E-state index contributed by atoms with van der Waals surface area (Å²) in [6.45, 7) is 6.44. The average Bonchev–Trinajstić information content (AvgIpc) is 3.38. The predicted octanol–water partition coefficient (Wildman–Crippen LogP) is 1.53. The highest BCUT2D eigenvalue weighted by Gasteiger charge is 2.65. The first-order valence-corrected chi connectivity index (χ1v) is 14.1. The van der Waals surface area contributed by atoms with Crippen molar-refractivity contribution >= 4 is 31.5 Å². The molecule has 2 amide bonds. The molecule has 2 fully saturated rings. The largest absolute Gasteiger partial charge is 0.432 e. The number of hydrogen-bond acceptors (Lipinski definition) is 6. The van der Waals surface area contributed by atoms with E-state index >= 15 is 0 Å². The average molecular weight is 448 g/mol. The lowest BCUT2D eigenvalue weighted by atomic mass is 9.82. The van der Waals surface area contributed by atoms with Crippen molar-refractivity contribution in [2.75, 3.05) is 30.4 Å². The molecule has 1 aromatic carbocycles. The summed E-state index contributed by atoms with van der Waals surface area (Å²) in [7, 11) is -0.972. The fourth-order valence-electron chi connectivity index (χ4n) is 5.80. The molecule has 3 aliphatic rings. The quantitative estimate of drug-likeness (QED) is 0.510. The van der Waals surface area contributed by atoms with Gasteiger partial charge in [-0.15, -0.1) is 0 Å². The highest BCUT2D eigenvalue weighted by atomic mass is 28.4. The van der Waals surface area contributed by atoms with Crippen molar-refractivity contribution < 1.29 is 24.2 Å². The van der Waals surface area contributed by atoms with Gasteiger partial charge in [-0.05, 0) is 57.1 Å². The zero-order chi connectivity index (χ0) is 22.6. The normalized spacial score (nSPS) is 32.7. The summed E-state index contributed by atoms with van der Waals surface area (Å²) in [6.07, 6.45) is 1.74. The molecule has 9 heteroatoms. The first-order valence-electron chi connectivity index (χ1n) is 11.1. The van der Waals surface area contributed by atoms with Crippen molar-refractivity contribution in [3.05, 3.63) is 23.8 Å². The van der Waals surface area contributed by atoms with Crippen molar-refractivity contribution in [2.24, 2.45) is 5.92 Å². The first-order chi connectivity index (χ1) is 14.6. The van der Waals surface area contributed by atoms with Crippen LogP contribution in [0.1, 0.15) is 31.7 Å². The SMILES string of the molecule is C[C@@H]1[C@@H]([Si](C)(C)O)[C@H](CCO)O[C@@]12C(=O)N(C)c1ccc(NC(=O)[C@H]3CCCN3)cc12. The van der Waals surface area contributed by atoms with Crippen LogP contribution in [0.3, 0.4) is 0 Å². The molecule has 0 bridgehead atoms. The van der Waals surface area contributed by atoms with E-state index in [9.17, 15) is 19.5 Å². The second kappa shape index (κ2) is 7.97. The number of nitrogens with one attached hydrogen (secondary N) is 2. The van der Waals surface area contributed by atoms with Crippen LogP contribution in [-0.2, 0) is 19.9 Å². The Hall–Kier alpha value is -1.78. The van der Waals surface area contributed by atoms with Crippen molar-refractivity contribution in [2.45, 2.75) is 62.6 Å². The van der Waals surface area contributed by atoms with Gasteiger partial charge in [-0.3, -0.25) is 9.59 Å². The fraction of sp³-hybridized carbons (Fsp3) is 0.636. The number of amides is 2. The van der Waals surface area contributed by atoms with Crippen LogP contribution < -0.4 is 15.5 Å². The van der Waals surface area contributed by atoms with Gasteiger partial charge in [-0.1, -0.05) is 6.92 Å². The van der Waals surface area contributed by atoms with Gasteiger partial charge < -0.3 is 30.2 Å². The molecule has 0 aromatic heterocycles. The van der Waals surface area contributed by atoms with E-state index in [-0.39, 0.29) is 35.9 Å². The molecule has 5 atom stereocenters. The number of carbonyl (C=O) groups is 2. The van der Waals surface area contributed by atoms with Crippen LogP contribution >= 0.6 is 0 Å². The second-order valence-corrected chi connectivity index (χ2v) is 13.6. The third kappa shape index (κ3) is 3.52. The molecule has 0 aliphatic carbocycles. The van der Waals surface area contributed by atoms with Crippen molar-refractivity contribution in [1.82, 2.24) is 5.32 Å². The molecule has 170 valence electrons. The molecule has 4 rings (SSSR count). The third-order valence-electron chi connectivity index (χ3n) is 7.17. The maximum atomic E-state index is 13.5. The molecular weight excluding hydrogens is 414 g/mol. The molecule has 0 unspecified atom stereocenters. The molecule has 1 aromatic rings. The van der Waals surface area contributed by atoms with E-state index in [1.807, 2.05) is 38.2 Å². The molecule has 3 aliphatic heterocycles. The summed E-state index contributed by atoms with van der Waals surface area (Å²) in [5, 5.41) is 15.8. The lowest BCUT2D eigenvalue weighted by Crippen LogP contribution is -2.45. The standard InChI is InChI=1S/C22H33N3O5Si/c1-13-19(31(3,4)29)18(9-11-26)30-22(13)15-12-14(7-8-17(15)25(2)21(22)28)24-20(27)16-6-5-10-23-16/h7-8,12-13,16,18-19,23,26,29H,5-6,9-11H2,1-4H3,(H,24,27)/t13-,16-,18+,19-,22+/m1/s1. The van der Waals surface area contributed by atoms with Gasteiger partial charge in [0.15, 0.2) is 13.9 Å². The predicted molar refractivity (Wildman–Crippen MR) is 120 cm³/mol. The molecular formula is C22H33N3O5Si. The summed E-state index contributed by atoms with van der Waals surface area (Å²) in [6, 6.07) is 5.28. The lowest BCUT2D eigenvalue weighted by Gasteiger charge is -2.32. The summed E-state index contributed by atoms with van der Waals surface area (Å²) in [5.41, 5.74) is 0.652. The van der Waals surface area contributed by atoms with Crippen molar-refractivity contribution in [3.63, 3.8) is 0 Å². The van der Waals surface area contributed by atoms with Crippen LogP contribution in [0, 0.1) is 5.92 Å². The van der Waals surface area contributed by atoms with Crippen LogP contribution in [0.25, 0.3) is 0 Å². The summed E-state index contributed by atoms with van der Waals surface area (Å²) < 4.78 is 6.47. The molecule has 0 radical (unpaired) electrons. The molecule has 31 heavy (non-hydrogen) atoms. The lowest BCUT2D eigenvalue weighted by molar-refractivity contribution is -0.146. The number of nitrogens with zero attached hydrogens (tertiary/aromatic N) is 1. The number of fused-ring (bicyclic) bond motifs is 2. The summed E-state index contributed by atoms with van der Waals surface area (Å²) >= 11 is 0. The Kier molecular flexibility index (Phi) is 5.76. The van der Waals surface area contributed by atoms with Gasteiger partial charge in [-0.25, -0.2) is 0 Å². The minimum absolute atomic E-state index is 0.0736. The van der Waals surface area contributed by atoms with Crippen molar-refractivity contribution in [3.8, 4) is 0 Å². The number of carbonyl (C=O) groups excluding carboxylic acids is 2. The van der Waals surface area contributed by atoms with Crippen LogP contribution in [0.5, 0.6) is 0 Å². The smallest absolute Gasteiger partial charge is 0.264 e. The molecule has 0 saturated carbocycles. The van der Waals surface area contributed by atoms with Crippen LogP contribution in [0.15, 0.2) is 18.2 Å². The number of ether oxygens (including phenoxy) is 1. The highest BCUT2D eigenvalue weighted by molar-refractivity contribution is 6.71. The molecule has 8 nitrogen and oxygen atoms in total. The van der Waals surface area contributed by atoms with E-state index in [4.69, 9.17) is 4.74 Å². The van der Waals surface area contributed by atoms with Gasteiger partial charge in [-0.2, -0.15) is 0 Å². The van der Waals surface area contributed by atoms with E-state index < -0.39 is 20.0 Å². The Bertz CT molecular complexity index is 882. The van der Waals surface area contributed by atoms with Crippen LogP contribution in [0.4, 0.5) is 11.4 Å². The van der Waals surface area contributed by atoms with E-state index in [0.29, 0.717) is 17.7 Å². The Morgan fingerprint density at radius 2 is 2.16 bits per heavy atom. The number of likely N-dealkylation sites (N-methyl/N-ethyl adjacent to an activating group) is 1. The maximum Gasteiger partial charge on any atom is 0.264 e. The highest BCUT2D eigenvalue weighted by Crippen LogP contribution is 2.59.